The maximum absolute atomic E-state index is 11.8. The van der Waals surface area contributed by atoms with E-state index >= 15 is 0 Å². The van der Waals surface area contributed by atoms with Gasteiger partial charge in [0.15, 0.2) is 0 Å². The van der Waals surface area contributed by atoms with Crippen LogP contribution in [0.2, 0.25) is 5.02 Å². The molecule has 1 saturated heterocycles. The summed E-state index contributed by atoms with van der Waals surface area (Å²) in [5.41, 5.74) is 0.355. The van der Waals surface area contributed by atoms with Crippen LogP contribution < -0.4 is 5.32 Å². The lowest BCUT2D eigenvalue weighted by molar-refractivity contribution is -0.137. The van der Waals surface area contributed by atoms with E-state index in [1.807, 2.05) is 0 Å². The van der Waals surface area contributed by atoms with Gasteiger partial charge >= 0.3 is 0 Å². The first-order valence-corrected chi connectivity index (χ1v) is 6.41. The molecule has 0 atom stereocenters. The van der Waals surface area contributed by atoms with Crippen molar-refractivity contribution in [1.82, 2.24) is 10.2 Å². The average molecular weight is 283 g/mol. The minimum atomic E-state index is -0.363. The number of hydrogen-bond donors (Lipinski definition) is 2. The second-order valence-electron chi connectivity index (χ2n) is 4.51. The first-order chi connectivity index (χ1) is 9.11. The van der Waals surface area contributed by atoms with Crippen molar-refractivity contribution in [3.8, 4) is 0 Å². The number of hydrogen-bond acceptors (Lipinski definition) is 3. The number of benzene rings is 1. The Hall–Kier alpha value is -1.59. The molecule has 1 aromatic carbocycles. The molecule has 1 heterocycles. The highest BCUT2D eigenvalue weighted by Crippen LogP contribution is 2.15. The van der Waals surface area contributed by atoms with Gasteiger partial charge in [-0.25, -0.2) is 0 Å². The Bertz CT molecular complexity index is 487. The van der Waals surface area contributed by atoms with Gasteiger partial charge in [-0.1, -0.05) is 23.7 Å². The quantitative estimate of drug-likeness (QED) is 0.846. The molecule has 6 heteroatoms. The van der Waals surface area contributed by atoms with Crippen molar-refractivity contribution in [3.63, 3.8) is 0 Å². The standard InChI is InChI=1S/C13H15ClN2O3/c14-11-4-2-1-3-10(11)13(19)15-5-12(18)16-6-9(7-16)8-17/h1-4,9,17H,5-8H2,(H,15,19). The number of likely N-dealkylation sites (tertiary alicyclic amines) is 1. The van der Waals surface area contributed by atoms with Gasteiger partial charge in [-0.05, 0) is 12.1 Å². The zero-order valence-electron chi connectivity index (χ0n) is 10.3. The topological polar surface area (TPSA) is 69.6 Å². The molecule has 2 amide bonds. The van der Waals surface area contributed by atoms with E-state index in [-0.39, 0.29) is 30.9 Å². The summed E-state index contributed by atoms with van der Waals surface area (Å²) in [6.07, 6.45) is 0. The van der Waals surface area contributed by atoms with Crippen LogP contribution in [0.25, 0.3) is 0 Å². The molecule has 19 heavy (non-hydrogen) atoms. The molecule has 0 aliphatic carbocycles. The van der Waals surface area contributed by atoms with Gasteiger partial charge in [-0.2, -0.15) is 0 Å². The molecular weight excluding hydrogens is 268 g/mol. The van der Waals surface area contributed by atoms with E-state index in [0.29, 0.717) is 23.7 Å². The second kappa shape index (κ2) is 6.04. The summed E-state index contributed by atoms with van der Waals surface area (Å²) in [5, 5.41) is 11.8. The number of nitrogens with zero attached hydrogens (tertiary/aromatic N) is 1. The van der Waals surface area contributed by atoms with E-state index in [1.165, 1.54) is 0 Å². The van der Waals surface area contributed by atoms with Crippen LogP contribution in [0.4, 0.5) is 0 Å². The van der Waals surface area contributed by atoms with Gasteiger partial charge in [0.05, 0.1) is 17.1 Å². The number of halogens is 1. The number of carbonyl (C=O) groups is 2. The van der Waals surface area contributed by atoms with Crippen LogP contribution in [-0.2, 0) is 4.79 Å². The van der Waals surface area contributed by atoms with Crippen LogP contribution in [0.15, 0.2) is 24.3 Å². The normalized spacial score (nSPS) is 14.9. The van der Waals surface area contributed by atoms with Crippen LogP contribution in [-0.4, -0.2) is 48.1 Å². The number of nitrogens with one attached hydrogen (secondary N) is 1. The van der Waals surface area contributed by atoms with E-state index in [1.54, 1.807) is 29.2 Å². The van der Waals surface area contributed by atoms with Crippen LogP contribution in [0, 0.1) is 5.92 Å². The van der Waals surface area contributed by atoms with Crippen LogP contribution in [0.1, 0.15) is 10.4 Å². The number of aliphatic hydroxyl groups is 1. The summed E-state index contributed by atoms with van der Waals surface area (Å²) in [6.45, 7) is 1.15. The lowest BCUT2D eigenvalue weighted by atomic mass is 10.0. The summed E-state index contributed by atoms with van der Waals surface area (Å²) in [7, 11) is 0. The minimum absolute atomic E-state index is 0.0534. The molecule has 1 aliphatic rings. The zero-order chi connectivity index (χ0) is 13.8. The van der Waals surface area contributed by atoms with E-state index in [0.717, 1.165) is 0 Å². The molecule has 2 rings (SSSR count). The molecule has 102 valence electrons. The summed E-state index contributed by atoms with van der Waals surface area (Å²) < 4.78 is 0. The number of rotatable bonds is 4. The highest BCUT2D eigenvalue weighted by atomic mass is 35.5. The minimum Gasteiger partial charge on any atom is -0.396 e. The van der Waals surface area contributed by atoms with Gasteiger partial charge in [0.2, 0.25) is 5.91 Å². The third-order valence-electron chi connectivity index (χ3n) is 3.09. The maximum Gasteiger partial charge on any atom is 0.253 e. The Morgan fingerprint density at radius 3 is 2.68 bits per heavy atom. The van der Waals surface area contributed by atoms with Gasteiger partial charge in [0, 0.05) is 25.6 Å². The van der Waals surface area contributed by atoms with Crippen molar-refractivity contribution in [1.29, 1.82) is 0 Å². The monoisotopic (exact) mass is 282 g/mol. The summed E-state index contributed by atoms with van der Waals surface area (Å²) in [4.78, 5) is 25.1. The van der Waals surface area contributed by atoms with Crippen LogP contribution in [0.3, 0.4) is 0 Å². The molecule has 0 radical (unpaired) electrons. The Kier molecular flexibility index (Phi) is 4.39. The third kappa shape index (κ3) is 3.24. The molecule has 1 fully saturated rings. The Labute approximate surface area is 116 Å². The summed E-state index contributed by atoms with van der Waals surface area (Å²) >= 11 is 5.89. The fraction of sp³-hybridized carbons (Fsp3) is 0.385. The smallest absolute Gasteiger partial charge is 0.253 e. The zero-order valence-corrected chi connectivity index (χ0v) is 11.1. The Morgan fingerprint density at radius 1 is 1.37 bits per heavy atom. The molecule has 0 saturated carbocycles. The van der Waals surface area contributed by atoms with Crippen molar-refractivity contribution < 1.29 is 14.7 Å². The fourth-order valence-electron chi connectivity index (χ4n) is 1.90. The molecule has 0 unspecified atom stereocenters. The highest BCUT2D eigenvalue weighted by Gasteiger charge is 2.29. The maximum atomic E-state index is 11.8. The Morgan fingerprint density at radius 2 is 2.05 bits per heavy atom. The van der Waals surface area contributed by atoms with Crippen LogP contribution in [0.5, 0.6) is 0 Å². The van der Waals surface area contributed by atoms with Crippen molar-refractivity contribution in [2.24, 2.45) is 5.92 Å². The molecular formula is C13H15ClN2O3. The predicted octanol–water partition coefficient (Wildman–Crippen LogP) is 0.521. The third-order valence-corrected chi connectivity index (χ3v) is 3.42. The molecule has 1 aliphatic heterocycles. The van der Waals surface area contributed by atoms with Crippen LogP contribution >= 0.6 is 11.6 Å². The number of aliphatic hydroxyl groups excluding tert-OH is 1. The average Bonchev–Trinajstić information content (AvgIpc) is 2.35. The van der Waals surface area contributed by atoms with E-state index in [4.69, 9.17) is 16.7 Å². The van der Waals surface area contributed by atoms with E-state index in [2.05, 4.69) is 5.32 Å². The number of carbonyl (C=O) groups excluding carboxylic acids is 2. The SMILES string of the molecule is O=C(NCC(=O)N1CC(CO)C1)c1ccccc1Cl. The fourth-order valence-corrected chi connectivity index (χ4v) is 2.12. The molecule has 0 spiro atoms. The first kappa shape index (κ1) is 13.8. The van der Waals surface area contributed by atoms with Gasteiger partial charge in [0.25, 0.3) is 5.91 Å². The molecule has 1 aromatic rings. The van der Waals surface area contributed by atoms with Crippen molar-refractivity contribution in [2.75, 3.05) is 26.2 Å². The molecule has 2 N–H and O–H groups in total. The summed E-state index contributed by atoms with van der Waals surface area (Å²) in [6, 6.07) is 6.68. The van der Waals surface area contributed by atoms with E-state index in [9.17, 15) is 9.59 Å². The van der Waals surface area contributed by atoms with Gasteiger partial charge < -0.3 is 15.3 Å². The molecule has 0 bridgehead atoms. The van der Waals surface area contributed by atoms with Gasteiger partial charge in [-0.15, -0.1) is 0 Å². The largest absolute Gasteiger partial charge is 0.396 e. The van der Waals surface area contributed by atoms with Crippen molar-refractivity contribution >= 4 is 23.4 Å². The van der Waals surface area contributed by atoms with Gasteiger partial charge in [-0.3, -0.25) is 9.59 Å². The number of amides is 2. The summed E-state index contributed by atoms with van der Waals surface area (Å²) in [5.74, 6) is -0.341. The lowest BCUT2D eigenvalue weighted by Crippen LogP contribution is -2.54. The highest BCUT2D eigenvalue weighted by molar-refractivity contribution is 6.33. The van der Waals surface area contributed by atoms with Gasteiger partial charge in [0.1, 0.15) is 0 Å². The van der Waals surface area contributed by atoms with Crippen molar-refractivity contribution in [3.05, 3.63) is 34.9 Å². The Balaban J connectivity index is 1.81. The first-order valence-electron chi connectivity index (χ1n) is 6.03. The predicted molar refractivity (Wildman–Crippen MR) is 70.9 cm³/mol. The second-order valence-corrected chi connectivity index (χ2v) is 4.92. The van der Waals surface area contributed by atoms with E-state index < -0.39 is 0 Å². The van der Waals surface area contributed by atoms with Crippen molar-refractivity contribution in [2.45, 2.75) is 0 Å². The molecule has 5 nitrogen and oxygen atoms in total. The lowest BCUT2D eigenvalue weighted by Gasteiger charge is -2.38. The molecule has 0 aromatic heterocycles.